The van der Waals surface area contributed by atoms with Crippen molar-refractivity contribution in [3.8, 4) is 5.75 Å². The second-order valence-electron chi connectivity index (χ2n) is 5.44. The zero-order chi connectivity index (χ0) is 16.0. The summed E-state index contributed by atoms with van der Waals surface area (Å²) in [7, 11) is 0. The monoisotopic (exact) mass is 297 g/mol. The van der Waals surface area contributed by atoms with Crippen molar-refractivity contribution in [2.45, 2.75) is 25.9 Å². The van der Waals surface area contributed by atoms with E-state index in [1.54, 1.807) is 38.1 Å². The van der Waals surface area contributed by atoms with Gasteiger partial charge in [0.15, 0.2) is 11.4 Å². The van der Waals surface area contributed by atoms with Gasteiger partial charge in [-0.3, -0.25) is 9.59 Å². The quantitative estimate of drug-likeness (QED) is 0.831. The van der Waals surface area contributed by atoms with E-state index < -0.39 is 5.60 Å². The maximum Gasteiger partial charge on any atom is 0.231 e. The lowest BCUT2D eigenvalue weighted by Crippen LogP contribution is -2.40. The van der Waals surface area contributed by atoms with Gasteiger partial charge in [0, 0.05) is 5.69 Å². The molecule has 0 aliphatic rings. The summed E-state index contributed by atoms with van der Waals surface area (Å²) in [6, 6.07) is 18.1. The van der Waals surface area contributed by atoms with Crippen LogP contribution in [0.25, 0.3) is 0 Å². The Morgan fingerprint density at radius 2 is 1.50 bits per heavy atom. The summed E-state index contributed by atoms with van der Waals surface area (Å²) >= 11 is 0. The molecule has 0 spiro atoms. The molecule has 2 rings (SSSR count). The molecule has 22 heavy (non-hydrogen) atoms. The van der Waals surface area contributed by atoms with E-state index in [9.17, 15) is 9.59 Å². The maximum atomic E-state index is 12.3. The van der Waals surface area contributed by atoms with Gasteiger partial charge in [0.1, 0.15) is 5.75 Å². The zero-order valence-electron chi connectivity index (χ0n) is 12.7. The van der Waals surface area contributed by atoms with Gasteiger partial charge >= 0.3 is 0 Å². The van der Waals surface area contributed by atoms with Gasteiger partial charge in [0.05, 0.1) is 6.42 Å². The van der Waals surface area contributed by atoms with Crippen LogP contribution in [0.15, 0.2) is 60.7 Å². The highest BCUT2D eigenvalue weighted by Crippen LogP contribution is 2.20. The normalized spacial score (nSPS) is 10.8. The first-order valence-corrected chi connectivity index (χ1v) is 7.09. The van der Waals surface area contributed by atoms with Crippen molar-refractivity contribution in [1.82, 2.24) is 0 Å². The number of carbonyl (C=O) groups is 2. The SMILES string of the molecule is CC(C)(Oc1ccccc1)C(=O)CC(=O)Nc1ccccc1. The number of carbonyl (C=O) groups excluding carboxylic acids is 2. The van der Waals surface area contributed by atoms with Crippen molar-refractivity contribution in [2.24, 2.45) is 0 Å². The Morgan fingerprint density at radius 1 is 0.955 bits per heavy atom. The number of para-hydroxylation sites is 2. The molecule has 0 aliphatic heterocycles. The van der Waals surface area contributed by atoms with Crippen LogP contribution in [0.5, 0.6) is 5.75 Å². The minimum atomic E-state index is -1.06. The molecule has 0 saturated heterocycles. The van der Waals surface area contributed by atoms with Gasteiger partial charge in [-0.2, -0.15) is 0 Å². The summed E-state index contributed by atoms with van der Waals surface area (Å²) < 4.78 is 5.69. The molecule has 1 N–H and O–H groups in total. The van der Waals surface area contributed by atoms with Crippen LogP contribution in [-0.2, 0) is 9.59 Å². The van der Waals surface area contributed by atoms with Crippen LogP contribution in [0.1, 0.15) is 20.3 Å². The molecule has 0 saturated carbocycles. The molecule has 0 aliphatic carbocycles. The number of Topliss-reactive ketones (excluding diaryl/α,β-unsaturated/α-hetero) is 1. The number of nitrogens with one attached hydrogen (secondary N) is 1. The van der Waals surface area contributed by atoms with Gasteiger partial charge < -0.3 is 10.1 Å². The van der Waals surface area contributed by atoms with E-state index in [0.29, 0.717) is 11.4 Å². The molecule has 2 aromatic carbocycles. The first-order valence-electron chi connectivity index (χ1n) is 7.09. The number of rotatable bonds is 6. The first kappa shape index (κ1) is 15.8. The van der Waals surface area contributed by atoms with E-state index in [-0.39, 0.29) is 18.1 Å². The second-order valence-corrected chi connectivity index (χ2v) is 5.44. The van der Waals surface area contributed by atoms with Crippen LogP contribution in [0, 0.1) is 0 Å². The third-order valence-electron chi connectivity index (χ3n) is 3.17. The minimum absolute atomic E-state index is 0.227. The molecular formula is C18H19NO3. The standard InChI is InChI=1S/C18H19NO3/c1-18(2,22-15-11-7-4-8-12-15)16(20)13-17(21)19-14-9-5-3-6-10-14/h3-12H,13H2,1-2H3,(H,19,21). The smallest absolute Gasteiger partial charge is 0.231 e. The van der Waals surface area contributed by atoms with Crippen LogP contribution in [0.4, 0.5) is 5.69 Å². The molecular weight excluding hydrogens is 278 g/mol. The van der Waals surface area contributed by atoms with E-state index in [1.165, 1.54) is 0 Å². The average molecular weight is 297 g/mol. The Kier molecular flexibility index (Phi) is 4.94. The molecule has 114 valence electrons. The molecule has 0 bridgehead atoms. The Labute approximate surface area is 130 Å². The predicted molar refractivity (Wildman–Crippen MR) is 85.8 cm³/mol. The maximum absolute atomic E-state index is 12.3. The first-order chi connectivity index (χ1) is 10.5. The van der Waals surface area contributed by atoms with Gasteiger partial charge in [0.25, 0.3) is 0 Å². The fraction of sp³-hybridized carbons (Fsp3) is 0.222. The van der Waals surface area contributed by atoms with Gasteiger partial charge in [-0.05, 0) is 38.1 Å². The van der Waals surface area contributed by atoms with Crippen LogP contribution < -0.4 is 10.1 Å². The topological polar surface area (TPSA) is 55.4 Å². The molecule has 0 aromatic heterocycles. The number of benzene rings is 2. The van der Waals surface area contributed by atoms with E-state index >= 15 is 0 Å². The number of ether oxygens (including phenoxy) is 1. The predicted octanol–water partition coefficient (Wildman–Crippen LogP) is 3.44. The van der Waals surface area contributed by atoms with E-state index in [0.717, 1.165) is 0 Å². The molecule has 2 aromatic rings. The van der Waals surface area contributed by atoms with Crippen molar-refractivity contribution in [1.29, 1.82) is 0 Å². The highest BCUT2D eigenvalue weighted by molar-refractivity contribution is 6.07. The molecule has 0 unspecified atom stereocenters. The third-order valence-corrected chi connectivity index (χ3v) is 3.17. The van der Waals surface area contributed by atoms with E-state index in [4.69, 9.17) is 4.74 Å². The molecule has 0 radical (unpaired) electrons. The highest BCUT2D eigenvalue weighted by atomic mass is 16.5. The van der Waals surface area contributed by atoms with Gasteiger partial charge in [-0.1, -0.05) is 36.4 Å². The van der Waals surface area contributed by atoms with Crippen molar-refractivity contribution in [3.05, 3.63) is 60.7 Å². The number of amides is 1. The number of ketones is 1. The summed E-state index contributed by atoms with van der Waals surface area (Å²) in [4.78, 5) is 24.2. The van der Waals surface area contributed by atoms with Crippen molar-refractivity contribution in [3.63, 3.8) is 0 Å². The van der Waals surface area contributed by atoms with Crippen LogP contribution >= 0.6 is 0 Å². The summed E-state index contributed by atoms with van der Waals surface area (Å²) in [5.74, 6) is -0.0185. The lowest BCUT2D eigenvalue weighted by molar-refractivity contribution is -0.135. The third kappa shape index (κ3) is 4.45. The van der Waals surface area contributed by atoms with Crippen LogP contribution in [0.3, 0.4) is 0 Å². The van der Waals surface area contributed by atoms with E-state index in [1.807, 2.05) is 36.4 Å². The Morgan fingerprint density at radius 3 is 2.09 bits per heavy atom. The summed E-state index contributed by atoms with van der Waals surface area (Å²) in [5, 5.41) is 2.69. The molecule has 1 amide bonds. The molecule has 4 heteroatoms. The molecule has 0 atom stereocenters. The van der Waals surface area contributed by atoms with Gasteiger partial charge in [-0.25, -0.2) is 0 Å². The fourth-order valence-corrected chi connectivity index (χ4v) is 1.93. The largest absolute Gasteiger partial charge is 0.480 e. The summed E-state index contributed by atoms with van der Waals surface area (Å²) in [5.41, 5.74) is -0.392. The highest BCUT2D eigenvalue weighted by Gasteiger charge is 2.31. The van der Waals surface area contributed by atoms with Crippen LogP contribution in [-0.4, -0.2) is 17.3 Å². The van der Waals surface area contributed by atoms with Gasteiger partial charge in [0.2, 0.25) is 5.91 Å². The number of hydrogen-bond acceptors (Lipinski definition) is 3. The molecule has 4 nitrogen and oxygen atoms in total. The van der Waals surface area contributed by atoms with Gasteiger partial charge in [-0.15, -0.1) is 0 Å². The number of hydrogen-bond donors (Lipinski definition) is 1. The Hall–Kier alpha value is -2.62. The molecule has 0 fully saturated rings. The van der Waals surface area contributed by atoms with Crippen LogP contribution in [0.2, 0.25) is 0 Å². The fourth-order valence-electron chi connectivity index (χ4n) is 1.93. The number of anilines is 1. The molecule has 0 heterocycles. The van der Waals surface area contributed by atoms with E-state index in [2.05, 4.69) is 5.32 Å². The zero-order valence-corrected chi connectivity index (χ0v) is 12.7. The summed E-state index contributed by atoms with van der Waals surface area (Å²) in [6.45, 7) is 3.33. The van der Waals surface area contributed by atoms with Crippen molar-refractivity contribution >= 4 is 17.4 Å². The summed E-state index contributed by atoms with van der Waals surface area (Å²) in [6.07, 6.45) is -0.227. The second kappa shape index (κ2) is 6.89. The Balaban J connectivity index is 1.94. The Bertz CT molecular complexity index is 636. The van der Waals surface area contributed by atoms with Crippen molar-refractivity contribution in [2.75, 3.05) is 5.32 Å². The minimum Gasteiger partial charge on any atom is -0.480 e. The lowest BCUT2D eigenvalue weighted by Gasteiger charge is -2.24. The lowest BCUT2D eigenvalue weighted by atomic mass is 10.00. The average Bonchev–Trinajstić information content (AvgIpc) is 2.48. The van der Waals surface area contributed by atoms with Crippen molar-refractivity contribution < 1.29 is 14.3 Å².